The van der Waals surface area contributed by atoms with E-state index in [1.54, 1.807) is 30.8 Å². The summed E-state index contributed by atoms with van der Waals surface area (Å²) >= 11 is 0. The number of benzene rings is 2. The number of hydrogen-bond donors (Lipinski definition) is 5. The number of nitrogens with one attached hydrogen (secondary N) is 1. The second-order valence-corrected chi connectivity index (χ2v) is 6.71. The molecule has 1 atom stereocenters. The molecule has 3 rings (SSSR count). The number of nitrogens with two attached hydrogens (primary N) is 1. The average molecular weight is 398 g/mol. The number of aromatic nitrogens is 2. The molecule has 6 N–H and O–H groups in total. The summed E-state index contributed by atoms with van der Waals surface area (Å²) in [6.45, 7) is 1.76. The van der Waals surface area contributed by atoms with Gasteiger partial charge in [0.2, 0.25) is 0 Å². The lowest BCUT2D eigenvalue weighted by Gasteiger charge is -2.14. The van der Waals surface area contributed by atoms with Crippen molar-refractivity contribution >= 4 is 17.3 Å². The Morgan fingerprint density at radius 3 is 2.41 bits per heavy atom. The van der Waals surface area contributed by atoms with E-state index in [9.17, 15) is 19.8 Å². The molecule has 1 heterocycles. The predicted molar refractivity (Wildman–Crippen MR) is 108 cm³/mol. The molecule has 152 valence electrons. The van der Waals surface area contributed by atoms with Gasteiger partial charge in [-0.3, -0.25) is 14.3 Å². The Balaban J connectivity index is 2.08. The van der Waals surface area contributed by atoms with Crippen LogP contribution in [0.4, 0.5) is 11.4 Å². The highest BCUT2D eigenvalue weighted by molar-refractivity contribution is 5.75. The summed E-state index contributed by atoms with van der Waals surface area (Å²) in [5.74, 6) is -2.02. The van der Waals surface area contributed by atoms with E-state index in [1.165, 1.54) is 16.8 Å². The van der Waals surface area contributed by atoms with E-state index in [4.69, 9.17) is 10.8 Å². The van der Waals surface area contributed by atoms with Crippen LogP contribution in [0.5, 0.6) is 11.5 Å². The molecule has 1 aromatic heterocycles. The molecule has 2 aromatic carbocycles. The van der Waals surface area contributed by atoms with Gasteiger partial charge in [0.1, 0.15) is 11.7 Å². The summed E-state index contributed by atoms with van der Waals surface area (Å²) in [7, 11) is 1.74. The number of phenols is 2. The van der Waals surface area contributed by atoms with Gasteiger partial charge in [-0.1, -0.05) is 18.2 Å². The van der Waals surface area contributed by atoms with Crippen LogP contribution in [0.25, 0.3) is 5.69 Å². The SMILES string of the molecule is Cc1c(Nc2cc(O)c(O)cc2CC(N)C(=O)O)c(=O)n(-c2ccccc2)n1C. The third-order valence-electron chi connectivity index (χ3n) is 4.77. The number of phenolic OH excluding ortho intramolecular Hbond substituents is 2. The standard InChI is InChI=1S/C20H22N4O5/c1-11-18(19(27)24(23(11)2)13-6-4-3-5-7-13)22-15-10-17(26)16(25)9-12(15)8-14(21)20(28)29/h3-7,9-10,14,22,25-26H,8,21H2,1-2H3,(H,28,29). The highest BCUT2D eigenvalue weighted by atomic mass is 16.4. The molecule has 3 aromatic rings. The third-order valence-corrected chi connectivity index (χ3v) is 4.77. The second kappa shape index (κ2) is 7.72. The zero-order valence-corrected chi connectivity index (χ0v) is 16.0. The smallest absolute Gasteiger partial charge is 0.320 e. The maximum absolute atomic E-state index is 13.1. The van der Waals surface area contributed by atoms with Gasteiger partial charge < -0.3 is 26.4 Å². The summed E-state index contributed by atoms with van der Waals surface area (Å²) < 4.78 is 3.17. The van der Waals surface area contributed by atoms with Gasteiger partial charge in [0.25, 0.3) is 5.56 Å². The van der Waals surface area contributed by atoms with Crippen molar-refractivity contribution in [3.05, 3.63) is 64.1 Å². The molecule has 0 saturated carbocycles. The Labute approximate surface area is 166 Å². The molecule has 0 aliphatic rings. The first-order chi connectivity index (χ1) is 13.7. The maximum Gasteiger partial charge on any atom is 0.320 e. The Morgan fingerprint density at radius 2 is 1.79 bits per heavy atom. The quantitative estimate of drug-likeness (QED) is 0.313. The van der Waals surface area contributed by atoms with Crippen LogP contribution < -0.4 is 16.6 Å². The van der Waals surface area contributed by atoms with Crippen molar-refractivity contribution in [2.45, 2.75) is 19.4 Å². The third kappa shape index (κ3) is 3.81. The van der Waals surface area contributed by atoms with Crippen LogP contribution in [0.2, 0.25) is 0 Å². The minimum atomic E-state index is -1.21. The molecule has 0 aliphatic heterocycles. The number of hydrogen-bond acceptors (Lipinski definition) is 6. The summed E-state index contributed by atoms with van der Waals surface area (Å²) in [4.78, 5) is 24.2. The zero-order valence-electron chi connectivity index (χ0n) is 16.0. The van der Waals surface area contributed by atoms with E-state index in [0.29, 0.717) is 16.9 Å². The predicted octanol–water partition coefficient (Wildman–Crippen LogP) is 1.59. The van der Waals surface area contributed by atoms with Gasteiger partial charge in [-0.05, 0) is 30.7 Å². The van der Waals surface area contributed by atoms with E-state index in [0.717, 1.165) is 0 Å². The van der Waals surface area contributed by atoms with Crippen LogP contribution in [0, 0.1) is 6.92 Å². The lowest BCUT2D eigenvalue weighted by atomic mass is 10.0. The van der Waals surface area contributed by atoms with Crippen LogP contribution in [0.15, 0.2) is 47.3 Å². The number of anilines is 2. The van der Waals surface area contributed by atoms with E-state index in [2.05, 4.69) is 5.32 Å². The number of rotatable bonds is 6. The van der Waals surface area contributed by atoms with Crippen molar-refractivity contribution in [3.8, 4) is 17.2 Å². The highest BCUT2D eigenvalue weighted by Crippen LogP contribution is 2.34. The fourth-order valence-corrected chi connectivity index (χ4v) is 3.08. The van der Waals surface area contributed by atoms with Gasteiger partial charge in [-0.2, -0.15) is 0 Å². The molecule has 1 unspecified atom stereocenters. The molecule has 0 spiro atoms. The average Bonchev–Trinajstić information content (AvgIpc) is 2.89. The molecular weight excluding hydrogens is 376 g/mol. The molecular formula is C20H22N4O5. The molecule has 0 amide bonds. The molecule has 0 fully saturated rings. The van der Waals surface area contributed by atoms with Gasteiger partial charge in [0.15, 0.2) is 11.5 Å². The van der Waals surface area contributed by atoms with Gasteiger partial charge >= 0.3 is 5.97 Å². The number of para-hydroxylation sites is 1. The molecule has 0 aliphatic carbocycles. The molecule has 29 heavy (non-hydrogen) atoms. The first kappa shape index (κ1) is 20.0. The lowest BCUT2D eigenvalue weighted by Crippen LogP contribution is -2.32. The number of carboxylic acids is 1. The Hall–Kier alpha value is -3.72. The first-order valence-electron chi connectivity index (χ1n) is 8.85. The fraction of sp³-hybridized carbons (Fsp3) is 0.200. The summed E-state index contributed by atoms with van der Waals surface area (Å²) in [6.07, 6.45) is -0.107. The van der Waals surface area contributed by atoms with Crippen LogP contribution >= 0.6 is 0 Å². The normalized spacial score (nSPS) is 12.0. The summed E-state index contributed by atoms with van der Waals surface area (Å²) in [6, 6.07) is 10.3. The number of aliphatic carboxylic acids is 1. The van der Waals surface area contributed by atoms with Crippen molar-refractivity contribution in [1.82, 2.24) is 9.36 Å². The van der Waals surface area contributed by atoms with Crippen LogP contribution in [0.1, 0.15) is 11.3 Å². The van der Waals surface area contributed by atoms with Gasteiger partial charge in [-0.15, -0.1) is 0 Å². The Morgan fingerprint density at radius 1 is 1.17 bits per heavy atom. The van der Waals surface area contributed by atoms with Gasteiger partial charge in [0.05, 0.1) is 11.4 Å². The van der Waals surface area contributed by atoms with Crippen molar-refractivity contribution < 1.29 is 20.1 Å². The van der Waals surface area contributed by atoms with Crippen molar-refractivity contribution in [2.75, 3.05) is 5.32 Å². The van der Waals surface area contributed by atoms with E-state index >= 15 is 0 Å². The Bertz CT molecular complexity index is 1120. The van der Waals surface area contributed by atoms with Gasteiger partial charge in [-0.25, -0.2) is 4.68 Å². The van der Waals surface area contributed by atoms with Crippen LogP contribution in [-0.4, -0.2) is 36.7 Å². The van der Waals surface area contributed by atoms with Crippen molar-refractivity contribution in [3.63, 3.8) is 0 Å². The fourth-order valence-electron chi connectivity index (χ4n) is 3.08. The number of carbonyl (C=O) groups is 1. The molecule has 0 saturated heterocycles. The molecule has 0 bridgehead atoms. The lowest BCUT2D eigenvalue weighted by molar-refractivity contribution is -0.138. The first-order valence-corrected chi connectivity index (χ1v) is 8.85. The van der Waals surface area contributed by atoms with Crippen LogP contribution in [-0.2, 0) is 18.3 Å². The maximum atomic E-state index is 13.1. The zero-order chi connectivity index (χ0) is 21.3. The molecule has 9 nitrogen and oxygen atoms in total. The molecule has 0 radical (unpaired) electrons. The minimum Gasteiger partial charge on any atom is -0.504 e. The largest absolute Gasteiger partial charge is 0.504 e. The molecule has 9 heteroatoms. The minimum absolute atomic E-state index is 0.107. The van der Waals surface area contributed by atoms with E-state index in [1.807, 2.05) is 18.2 Å². The van der Waals surface area contributed by atoms with E-state index in [-0.39, 0.29) is 23.4 Å². The Kier molecular flexibility index (Phi) is 5.33. The second-order valence-electron chi connectivity index (χ2n) is 6.71. The van der Waals surface area contributed by atoms with Gasteiger partial charge in [0, 0.05) is 25.2 Å². The van der Waals surface area contributed by atoms with E-state index < -0.39 is 23.5 Å². The van der Waals surface area contributed by atoms with Crippen molar-refractivity contribution in [2.24, 2.45) is 12.8 Å². The summed E-state index contributed by atoms with van der Waals surface area (Å²) in [5, 5.41) is 31.8. The van der Waals surface area contributed by atoms with Crippen molar-refractivity contribution in [1.29, 1.82) is 0 Å². The highest BCUT2D eigenvalue weighted by Gasteiger charge is 2.20. The number of nitrogens with zero attached hydrogens (tertiary/aromatic N) is 2. The topological polar surface area (TPSA) is 143 Å². The monoisotopic (exact) mass is 398 g/mol. The number of carboxylic acid groups (broad SMARTS) is 1. The van der Waals surface area contributed by atoms with Crippen LogP contribution in [0.3, 0.4) is 0 Å². The summed E-state index contributed by atoms with van der Waals surface area (Å²) in [5.41, 5.74) is 7.49. The number of aromatic hydroxyl groups is 2.